The molecule has 0 aliphatic heterocycles. The molecule has 2 N–H and O–H groups in total. The molecule has 0 bridgehead atoms. The molecule has 0 saturated heterocycles. The van der Waals surface area contributed by atoms with Crippen LogP contribution < -0.4 is 5.32 Å². The van der Waals surface area contributed by atoms with Crippen molar-refractivity contribution in [3.8, 4) is 0 Å². The fraction of sp³-hybridized carbons (Fsp3) is 0.429. The number of benzene rings is 1. The molecule has 21 heavy (non-hydrogen) atoms. The van der Waals surface area contributed by atoms with Gasteiger partial charge in [-0.25, -0.2) is 8.78 Å². The molecular formula is C14H16F2N2O3. The number of carbonyl (C=O) groups excluding carboxylic acids is 1. The molecular weight excluding hydrogens is 282 g/mol. The predicted octanol–water partition coefficient (Wildman–Crippen LogP) is 1.84. The summed E-state index contributed by atoms with van der Waals surface area (Å²) in [6, 6.07) is 3.02. The smallest absolute Gasteiger partial charge is 0.304 e. The molecule has 1 aliphatic carbocycles. The molecule has 5 nitrogen and oxygen atoms in total. The van der Waals surface area contributed by atoms with Crippen molar-refractivity contribution in [1.82, 2.24) is 4.90 Å². The monoisotopic (exact) mass is 298 g/mol. The SMILES string of the molecule is O=C(O)CCN(CC(=O)Nc1cc(F)ccc1F)C1CC1. The quantitative estimate of drug-likeness (QED) is 0.806. The molecule has 1 aromatic carbocycles. The van der Waals surface area contributed by atoms with Gasteiger partial charge < -0.3 is 10.4 Å². The molecule has 1 fully saturated rings. The minimum atomic E-state index is -0.933. The van der Waals surface area contributed by atoms with E-state index in [1.165, 1.54) is 0 Å². The van der Waals surface area contributed by atoms with Gasteiger partial charge >= 0.3 is 5.97 Å². The number of aliphatic carboxylic acids is 1. The van der Waals surface area contributed by atoms with Crippen LogP contribution in [0.1, 0.15) is 19.3 Å². The van der Waals surface area contributed by atoms with Gasteiger partial charge in [-0.15, -0.1) is 0 Å². The highest BCUT2D eigenvalue weighted by Gasteiger charge is 2.30. The first kappa shape index (κ1) is 15.4. The molecule has 7 heteroatoms. The lowest BCUT2D eigenvalue weighted by Gasteiger charge is -2.20. The Morgan fingerprint density at radius 3 is 2.67 bits per heavy atom. The Balaban J connectivity index is 1.92. The first-order chi connectivity index (χ1) is 9.95. The summed E-state index contributed by atoms with van der Waals surface area (Å²) in [5, 5.41) is 11.0. The van der Waals surface area contributed by atoms with Crippen molar-refractivity contribution in [2.45, 2.75) is 25.3 Å². The van der Waals surface area contributed by atoms with Gasteiger partial charge in [0.1, 0.15) is 11.6 Å². The lowest BCUT2D eigenvalue weighted by molar-refractivity contribution is -0.137. The second kappa shape index (κ2) is 6.62. The maximum absolute atomic E-state index is 13.4. The lowest BCUT2D eigenvalue weighted by Crippen LogP contribution is -2.36. The van der Waals surface area contributed by atoms with Crippen LogP contribution in [0.15, 0.2) is 18.2 Å². The maximum atomic E-state index is 13.4. The number of hydrogen-bond donors (Lipinski definition) is 2. The zero-order valence-corrected chi connectivity index (χ0v) is 11.3. The van der Waals surface area contributed by atoms with Crippen molar-refractivity contribution in [2.75, 3.05) is 18.4 Å². The zero-order chi connectivity index (χ0) is 15.4. The molecule has 0 radical (unpaired) electrons. The molecule has 1 aliphatic rings. The van der Waals surface area contributed by atoms with E-state index >= 15 is 0 Å². The number of nitrogens with one attached hydrogen (secondary N) is 1. The first-order valence-electron chi connectivity index (χ1n) is 6.66. The molecule has 1 saturated carbocycles. The Bertz CT molecular complexity index is 547. The van der Waals surface area contributed by atoms with E-state index in [2.05, 4.69) is 5.32 Å². The Kier molecular flexibility index (Phi) is 4.85. The van der Waals surface area contributed by atoms with Crippen molar-refractivity contribution in [3.63, 3.8) is 0 Å². The molecule has 0 unspecified atom stereocenters. The van der Waals surface area contributed by atoms with E-state index in [0.29, 0.717) is 0 Å². The zero-order valence-electron chi connectivity index (χ0n) is 11.3. The van der Waals surface area contributed by atoms with E-state index < -0.39 is 23.5 Å². The number of anilines is 1. The van der Waals surface area contributed by atoms with Gasteiger partial charge in [0.25, 0.3) is 0 Å². The van der Waals surface area contributed by atoms with E-state index in [1.807, 2.05) is 0 Å². The summed E-state index contributed by atoms with van der Waals surface area (Å²) in [5.74, 6) is -2.78. The number of nitrogens with zero attached hydrogens (tertiary/aromatic N) is 1. The van der Waals surface area contributed by atoms with Gasteiger partial charge in [-0.1, -0.05) is 0 Å². The van der Waals surface area contributed by atoms with Crippen LogP contribution in [0.4, 0.5) is 14.5 Å². The largest absolute Gasteiger partial charge is 0.481 e. The average Bonchev–Trinajstić information content (AvgIpc) is 3.23. The van der Waals surface area contributed by atoms with Gasteiger partial charge in [0, 0.05) is 18.7 Å². The van der Waals surface area contributed by atoms with Crippen molar-refractivity contribution in [1.29, 1.82) is 0 Å². The van der Waals surface area contributed by atoms with Crippen molar-refractivity contribution in [2.24, 2.45) is 0 Å². The highest BCUT2D eigenvalue weighted by molar-refractivity contribution is 5.92. The van der Waals surface area contributed by atoms with Crippen LogP contribution in [0.5, 0.6) is 0 Å². The Morgan fingerprint density at radius 2 is 2.05 bits per heavy atom. The third-order valence-electron chi connectivity index (χ3n) is 3.23. The second-order valence-corrected chi connectivity index (χ2v) is 5.02. The van der Waals surface area contributed by atoms with Crippen LogP contribution in [0.2, 0.25) is 0 Å². The summed E-state index contributed by atoms with van der Waals surface area (Å²) >= 11 is 0. The number of halogens is 2. The van der Waals surface area contributed by atoms with E-state index in [9.17, 15) is 18.4 Å². The number of amides is 1. The summed E-state index contributed by atoms with van der Waals surface area (Å²) in [7, 11) is 0. The number of carbonyl (C=O) groups is 2. The van der Waals surface area contributed by atoms with Crippen LogP contribution in [0.25, 0.3) is 0 Å². The van der Waals surface area contributed by atoms with Gasteiger partial charge in [-0.3, -0.25) is 14.5 Å². The van der Waals surface area contributed by atoms with Gasteiger partial charge in [0.2, 0.25) is 5.91 Å². The van der Waals surface area contributed by atoms with E-state index in [1.54, 1.807) is 4.90 Å². The third kappa shape index (κ3) is 4.78. The van der Waals surface area contributed by atoms with Crippen molar-refractivity contribution >= 4 is 17.6 Å². The Labute approximate surface area is 120 Å². The molecule has 0 aromatic heterocycles. The topological polar surface area (TPSA) is 69.6 Å². The highest BCUT2D eigenvalue weighted by Crippen LogP contribution is 2.26. The van der Waals surface area contributed by atoms with Gasteiger partial charge in [0.15, 0.2) is 0 Å². The van der Waals surface area contributed by atoms with E-state index in [4.69, 9.17) is 5.11 Å². The van der Waals surface area contributed by atoms with Gasteiger partial charge in [-0.05, 0) is 25.0 Å². The van der Waals surface area contributed by atoms with Crippen LogP contribution >= 0.6 is 0 Å². The second-order valence-electron chi connectivity index (χ2n) is 5.02. The Morgan fingerprint density at radius 1 is 1.33 bits per heavy atom. The number of carboxylic acid groups (broad SMARTS) is 1. The third-order valence-corrected chi connectivity index (χ3v) is 3.23. The fourth-order valence-electron chi connectivity index (χ4n) is 2.04. The van der Waals surface area contributed by atoms with Crippen molar-refractivity contribution < 1.29 is 23.5 Å². The molecule has 0 spiro atoms. The maximum Gasteiger partial charge on any atom is 0.304 e. The lowest BCUT2D eigenvalue weighted by atomic mass is 10.3. The predicted molar refractivity (Wildman–Crippen MR) is 71.8 cm³/mol. The van der Waals surface area contributed by atoms with Crippen LogP contribution in [0, 0.1) is 11.6 Å². The number of hydrogen-bond acceptors (Lipinski definition) is 3. The normalized spacial score (nSPS) is 14.2. The summed E-state index contributed by atoms with van der Waals surface area (Å²) < 4.78 is 26.4. The summed E-state index contributed by atoms with van der Waals surface area (Å²) in [4.78, 5) is 24.2. The summed E-state index contributed by atoms with van der Waals surface area (Å²) in [6.45, 7) is 0.229. The first-order valence-corrected chi connectivity index (χ1v) is 6.66. The highest BCUT2D eigenvalue weighted by atomic mass is 19.1. The van der Waals surface area contributed by atoms with E-state index in [0.717, 1.165) is 31.0 Å². The minimum absolute atomic E-state index is 0.0338. The van der Waals surface area contributed by atoms with Crippen LogP contribution in [0.3, 0.4) is 0 Å². The summed E-state index contributed by atoms with van der Waals surface area (Å²) in [5.41, 5.74) is -0.214. The van der Waals surface area contributed by atoms with E-state index in [-0.39, 0.29) is 31.2 Å². The standard InChI is InChI=1S/C14H16F2N2O3/c15-9-1-4-11(16)12(7-9)17-13(19)8-18(10-2-3-10)6-5-14(20)21/h1,4,7,10H,2-3,5-6,8H2,(H,17,19)(H,20,21). The number of rotatable bonds is 7. The fourth-order valence-corrected chi connectivity index (χ4v) is 2.04. The number of carboxylic acids is 1. The van der Waals surface area contributed by atoms with Crippen LogP contribution in [-0.2, 0) is 9.59 Å². The Hall–Kier alpha value is -2.02. The molecule has 0 atom stereocenters. The molecule has 0 heterocycles. The van der Waals surface area contributed by atoms with Gasteiger partial charge in [0.05, 0.1) is 18.7 Å². The van der Waals surface area contributed by atoms with Crippen LogP contribution in [-0.4, -0.2) is 41.0 Å². The summed E-state index contributed by atoms with van der Waals surface area (Å²) in [6.07, 6.45) is 1.78. The molecule has 2 rings (SSSR count). The average molecular weight is 298 g/mol. The van der Waals surface area contributed by atoms with Crippen molar-refractivity contribution in [3.05, 3.63) is 29.8 Å². The molecule has 114 valence electrons. The molecule has 1 amide bonds. The van der Waals surface area contributed by atoms with Gasteiger partial charge in [-0.2, -0.15) is 0 Å². The minimum Gasteiger partial charge on any atom is -0.481 e. The molecule has 1 aromatic rings.